The average molecular weight is 442 g/mol. The van der Waals surface area contributed by atoms with E-state index in [-0.39, 0.29) is 58.5 Å². The second kappa shape index (κ2) is 9.80. The van der Waals surface area contributed by atoms with Gasteiger partial charge in [-0.1, -0.05) is 12.1 Å². The van der Waals surface area contributed by atoms with Gasteiger partial charge in [0.1, 0.15) is 12.4 Å². The van der Waals surface area contributed by atoms with Crippen molar-refractivity contribution in [2.45, 2.75) is 13.3 Å². The number of ether oxygens (including phenoxy) is 1. The minimum absolute atomic E-state index is 0.00216. The molecule has 0 saturated carbocycles. The van der Waals surface area contributed by atoms with Crippen LogP contribution in [0.3, 0.4) is 0 Å². The van der Waals surface area contributed by atoms with Gasteiger partial charge >= 0.3 is 0 Å². The van der Waals surface area contributed by atoms with Crippen molar-refractivity contribution in [1.29, 1.82) is 0 Å². The van der Waals surface area contributed by atoms with Crippen molar-refractivity contribution >= 4 is 34.5 Å². The van der Waals surface area contributed by atoms with E-state index in [0.29, 0.717) is 12.2 Å². The van der Waals surface area contributed by atoms with Crippen LogP contribution in [0.25, 0.3) is 0 Å². The monoisotopic (exact) mass is 441 g/mol. The SMILES string of the molecule is CC(=O)Nc1cccc2c1C(=O)c1c(NCCC[NH+](C)C)cc(OCCO)c(N)c1C2=O. The summed E-state index contributed by atoms with van der Waals surface area (Å²) < 4.78 is 5.55. The molecule has 0 atom stereocenters. The lowest BCUT2D eigenvalue weighted by atomic mass is 9.81. The number of anilines is 3. The molecule has 0 bridgehead atoms. The van der Waals surface area contributed by atoms with Crippen LogP contribution in [0.1, 0.15) is 45.2 Å². The zero-order chi connectivity index (χ0) is 23.4. The number of nitrogens with two attached hydrogens (primary N) is 1. The summed E-state index contributed by atoms with van der Waals surface area (Å²) in [5.41, 5.74) is 7.55. The first-order chi connectivity index (χ1) is 15.3. The van der Waals surface area contributed by atoms with Gasteiger partial charge in [-0.15, -0.1) is 0 Å². The standard InChI is InChI=1S/C23H28N4O5/c1-13(29)26-15-7-4-6-14-18(15)23(31)19-16(25-8-5-9-27(2)3)12-17(32-11-10-28)21(24)20(19)22(14)30/h4,6-7,12,25,28H,5,8-11,24H2,1-3H3,(H,26,29)/p+1. The van der Waals surface area contributed by atoms with E-state index in [0.717, 1.165) is 13.0 Å². The first kappa shape index (κ1) is 23.2. The Hall–Kier alpha value is -3.43. The fourth-order valence-corrected chi connectivity index (χ4v) is 3.76. The molecule has 0 aliphatic heterocycles. The second-order valence-electron chi connectivity index (χ2n) is 7.96. The molecular formula is C23H29N4O5+. The minimum atomic E-state index is -0.422. The van der Waals surface area contributed by atoms with E-state index in [2.05, 4.69) is 24.7 Å². The van der Waals surface area contributed by atoms with Crippen molar-refractivity contribution in [3.05, 3.63) is 46.5 Å². The van der Waals surface area contributed by atoms with E-state index in [9.17, 15) is 14.4 Å². The fraction of sp³-hybridized carbons (Fsp3) is 0.348. The summed E-state index contributed by atoms with van der Waals surface area (Å²) in [5.74, 6) is -0.947. The van der Waals surface area contributed by atoms with E-state index in [1.807, 2.05) is 0 Å². The van der Waals surface area contributed by atoms with Gasteiger partial charge in [-0.3, -0.25) is 14.4 Å². The molecule has 0 aromatic heterocycles. The number of benzene rings is 2. The average Bonchev–Trinajstić information content (AvgIpc) is 2.74. The number of aliphatic hydroxyl groups excluding tert-OH is 1. The van der Waals surface area contributed by atoms with Crippen molar-refractivity contribution < 1.29 is 29.1 Å². The predicted octanol–water partition coefficient (Wildman–Crippen LogP) is 0.320. The highest BCUT2D eigenvalue weighted by molar-refractivity contribution is 6.34. The van der Waals surface area contributed by atoms with E-state index in [4.69, 9.17) is 15.6 Å². The molecule has 0 heterocycles. The minimum Gasteiger partial charge on any atom is -0.489 e. The summed E-state index contributed by atoms with van der Waals surface area (Å²) in [4.78, 5) is 40.0. The number of fused-ring (bicyclic) bond motifs is 2. The number of nitrogens with one attached hydrogen (secondary N) is 3. The molecule has 1 aliphatic carbocycles. The van der Waals surface area contributed by atoms with Gasteiger partial charge in [0, 0.05) is 37.2 Å². The van der Waals surface area contributed by atoms with Crippen LogP contribution in [-0.2, 0) is 4.79 Å². The molecule has 2 aromatic carbocycles. The van der Waals surface area contributed by atoms with Crippen molar-refractivity contribution in [2.24, 2.45) is 0 Å². The quantitative estimate of drug-likeness (QED) is 0.238. The molecule has 9 heteroatoms. The molecule has 0 fully saturated rings. The number of carbonyl (C=O) groups is 3. The van der Waals surface area contributed by atoms with Gasteiger partial charge in [-0.05, 0) is 6.07 Å². The molecule has 9 nitrogen and oxygen atoms in total. The maximum absolute atomic E-state index is 13.6. The summed E-state index contributed by atoms with van der Waals surface area (Å²) in [6.07, 6.45) is 0.837. The number of rotatable bonds is 9. The van der Waals surface area contributed by atoms with Gasteiger partial charge in [-0.2, -0.15) is 0 Å². The number of nitrogen functional groups attached to an aromatic ring is 1. The highest BCUT2D eigenvalue weighted by atomic mass is 16.5. The number of aliphatic hydroxyl groups is 1. The molecule has 0 saturated heterocycles. The molecule has 1 aliphatic rings. The van der Waals surface area contributed by atoms with Crippen molar-refractivity contribution in [2.75, 3.05) is 56.8 Å². The maximum Gasteiger partial charge on any atom is 0.221 e. The molecule has 170 valence electrons. The summed E-state index contributed by atoms with van der Waals surface area (Å²) in [6, 6.07) is 6.32. The number of amides is 1. The molecule has 32 heavy (non-hydrogen) atoms. The van der Waals surface area contributed by atoms with Crippen LogP contribution in [0.15, 0.2) is 24.3 Å². The third kappa shape index (κ3) is 4.58. The molecule has 0 radical (unpaired) electrons. The molecule has 3 rings (SSSR count). The largest absolute Gasteiger partial charge is 0.489 e. The van der Waals surface area contributed by atoms with E-state index < -0.39 is 11.6 Å². The molecular weight excluding hydrogens is 412 g/mol. The smallest absolute Gasteiger partial charge is 0.221 e. The van der Waals surface area contributed by atoms with E-state index >= 15 is 0 Å². The third-order valence-corrected chi connectivity index (χ3v) is 5.15. The zero-order valence-electron chi connectivity index (χ0n) is 18.5. The van der Waals surface area contributed by atoms with Crippen LogP contribution >= 0.6 is 0 Å². The molecule has 1 amide bonds. The topological polar surface area (TPSA) is 135 Å². The highest BCUT2D eigenvalue weighted by Gasteiger charge is 2.36. The van der Waals surface area contributed by atoms with Gasteiger partial charge in [0.25, 0.3) is 0 Å². The number of quaternary nitrogens is 1. The van der Waals surface area contributed by atoms with Crippen molar-refractivity contribution in [3.63, 3.8) is 0 Å². The zero-order valence-corrected chi connectivity index (χ0v) is 18.5. The van der Waals surface area contributed by atoms with Crippen molar-refractivity contribution in [3.8, 4) is 5.75 Å². The predicted molar refractivity (Wildman–Crippen MR) is 122 cm³/mol. The normalized spacial score (nSPS) is 12.4. The molecule has 0 spiro atoms. The number of ketones is 2. The maximum atomic E-state index is 13.6. The van der Waals surface area contributed by atoms with Gasteiger partial charge in [-0.25, -0.2) is 0 Å². The molecule has 6 N–H and O–H groups in total. The van der Waals surface area contributed by atoms with E-state index in [1.54, 1.807) is 18.2 Å². The van der Waals surface area contributed by atoms with Crippen LogP contribution < -0.4 is 26.0 Å². The van der Waals surface area contributed by atoms with Gasteiger partial charge in [0.15, 0.2) is 11.6 Å². The first-order valence-electron chi connectivity index (χ1n) is 10.5. The molecule has 0 unspecified atom stereocenters. The Kier molecular flexibility index (Phi) is 7.12. The van der Waals surface area contributed by atoms with Crippen LogP contribution in [0.2, 0.25) is 0 Å². The van der Waals surface area contributed by atoms with Crippen LogP contribution in [0.5, 0.6) is 5.75 Å². The highest BCUT2D eigenvalue weighted by Crippen LogP contribution is 2.42. The Labute approximate surface area is 186 Å². The first-order valence-corrected chi connectivity index (χ1v) is 10.5. The fourth-order valence-electron chi connectivity index (χ4n) is 3.76. The second-order valence-corrected chi connectivity index (χ2v) is 7.96. The number of hydrogen-bond acceptors (Lipinski definition) is 7. The Morgan fingerprint density at radius 2 is 1.88 bits per heavy atom. The van der Waals surface area contributed by atoms with Gasteiger partial charge in [0.2, 0.25) is 5.91 Å². The van der Waals surface area contributed by atoms with E-state index in [1.165, 1.54) is 17.9 Å². The summed E-state index contributed by atoms with van der Waals surface area (Å²) in [5, 5.41) is 15.0. The summed E-state index contributed by atoms with van der Waals surface area (Å²) in [7, 11) is 4.10. The van der Waals surface area contributed by atoms with Crippen LogP contribution in [-0.4, -0.2) is 63.0 Å². The Morgan fingerprint density at radius 3 is 2.53 bits per heavy atom. The Bertz CT molecular complexity index is 1060. The third-order valence-electron chi connectivity index (χ3n) is 5.15. The number of carbonyl (C=O) groups excluding carboxylic acids is 3. The van der Waals surface area contributed by atoms with Crippen LogP contribution in [0.4, 0.5) is 17.1 Å². The lowest BCUT2D eigenvalue weighted by Gasteiger charge is -2.25. The van der Waals surface area contributed by atoms with Crippen molar-refractivity contribution in [1.82, 2.24) is 0 Å². The van der Waals surface area contributed by atoms with Gasteiger partial charge < -0.3 is 31.1 Å². The number of hydrogen-bond donors (Lipinski definition) is 5. The Morgan fingerprint density at radius 1 is 1.12 bits per heavy atom. The lowest BCUT2D eigenvalue weighted by molar-refractivity contribution is -0.858. The van der Waals surface area contributed by atoms with Gasteiger partial charge in [0.05, 0.1) is 55.3 Å². The molecule has 2 aromatic rings. The summed E-state index contributed by atoms with van der Waals surface area (Å²) >= 11 is 0. The lowest BCUT2D eigenvalue weighted by Crippen LogP contribution is -3.05. The van der Waals surface area contributed by atoms with Crippen LogP contribution in [0, 0.1) is 0 Å². The Balaban J connectivity index is 2.13. The summed E-state index contributed by atoms with van der Waals surface area (Å²) in [6.45, 7) is 2.60.